The average molecular weight is 240 g/mol. The summed E-state index contributed by atoms with van der Waals surface area (Å²) in [6.45, 7) is 10.4. The number of hydrogen-bond acceptors (Lipinski definition) is 1. The first-order valence-electron chi connectivity index (χ1n) is 7.50. The quantitative estimate of drug-likeness (QED) is 0.657. The second-order valence-electron chi connectivity index (χ2n) is 6.11. The Hall–Kier alpha value is -0.330. The molecule has 1 saturated carbocycles. The first kappa shape index (κ1) is 16.7. The Morgan fingerprint density at radius 1 is 1.06 bits per heavy atom. The van der Waals surface area contributed by atoms with Crippen molar-refractivity contribution in [1.29, 1.82) is 0 Å². The molecule has 1 fully saturated rings. The van der Waals surface area contributed by atoms with E-state index in [-0.39, 0.29) is 5.92 Å². The molecule has 102 valence electrons. The molecule has 1 rings (SSSR count). The first-order chi connectivity index (χ1) is 7.97. The van der Waals surface area contributed by atoms with Gasteiger partial charge in [0.05, 0.1) is 0 Å². The summed E-state index contributed by atoms with van der Waals surface area (Å²) in [4.78, 5) is 10.5. The number of carbonyl (C=O) groups is 1. The van der Waals surface area contributed by atoms with Crippen LogP contribution in [0.25, 0.3) is 0 Å². The lowest BCUT2D eigenvalue weighted by molar-refractivity contribution is -0.121. The topological polar surface area (TPSA) is 17.1 Å². The van der Waals surface area contributed by atoms with Crippen LogP contribution in [0.5, 0.6) is 0 Å². The Labute approximate surface area is 108 Å². The molecule has 1 aliphatic rings. The summed E-state index contributed by atoms with van der Waals surface area (Å²) in [5.74, 6) is 2.57. The fourth-order valence-electron chi connectivity index (χ4n) is 2.50. The molecular formula is C16H32O. The van der Waals surface area contributed by atoms with Gasteiger partial charge in [-0.1, -0.05) is 66.7 Å². The zero-order chi connectivity index (χ0) is 13.3. The molecule has 1 heteroatoms. The van der Waals surface area contributed by atoms with Crippen molar-refractivity contribution in [3.63, 3.8) is 0 Å². The lowest BCUT2D eigenvalue weighted by Gasteiger charge is -2.22. The van der Waals surface area contributed by atoms with Gasteiger partial charge in [0, 0.05) is 12.3 Å². The average Bonchev–Trinajstić information content (AvgIpc) is 2.29. The van der Waals surface area contributed by atoms with Gasteiger partial charge in [-0.3, -0.25) is 4.79 Å². The van der Waals surface area contributed by atoms with Gasteiger partial charge in [-0.15, -0.1) is 0 Å². The molecule has 0 heterocycles. The molecule has 0 aliphatic heterocycles. The van der Waals surface area contributed by atoms with Crippen LogP contribution in [-0.4, -0.2) is 5.78 Å². The van der Waals surface area contributed by atoms with E-state index < -0.39 is 0 Å². The normalized spacial score (nSPS) is 16.9. The fraction of sp³-hybridized carbons (Fsp3) is 0.938. The first-order valence-corrected chi connectivity index (χ1v) is 7.50. The second-order valence-corrected chi connectivity index (χ2v) is 6.11. The zero-order valence-corrected chi connectivity index (χ0v) is 12.6. The van der Waals surface area contributed by atoms with Crippen LogP contribution in [0.3, 0.4) is 0 Å². The van der Waals surface area contributed by atoms with Crippen LogP contribution in [0, 0.1) is 17.8 Å². The third kappa shape index (κ3) is 9.38. The summed E-state index contributed by atoms with van der Waals surface area (Å²) in [5, 5.41) is 0. The van der Waals surface area contributed by atoms with Crippen LogP contribution in [-0.2, 0) is 4.79 Å². The molecule has 0 amide bonds. The highest BCUT2D eigenvalue weighted by molar-refractivity contribution is 5.79. The predicted molar refractivity (Wildman–Crippen MR) is 76.2 cm³/mol. The number of Topliss-reactive ketones (excluding diaryl/α,β-unsaturated/α-hetero) is 1. The van der Waals surface area contributed by atoms with E-state index in [2.05, 4.69) is 13.8 Å². The molecule has 0 unspecified atom stereocenters. The largest absolute Gasteiger partial charge is 0.299 e. The van der Waals surface area contributed by atoms with Crippen molar-refractivity contribution in [3.05, 3.63) is 0 Å². The molecule has 1 nitrogen and oxygen atoms in total. The van der Waals surface area contributed by atoms with Crippen LogP contribution in [0.4, 0.5) is 0 Å². The molecule has 0 bridgehead atoms. The Kier molecular flexibility index (Phi) is 9.49. The monoisotopic (exact) mass is 240 g/mol. The smallest absolute Gasteiger partial charge is 0.135 e. The van der Waals surface area contributed by atoms with Crippen LogP contribution in [0.15, 0.2) is 0 Å². The summed E-state index contributed by atoms with van der Waals surface area (Å²) in [7, 11) is 0. The maximum atomic E-state index is 10.5. The molecule has 0 aromatic heterocycles. The maximum absolute atomic E-state index is 10.5. The molecule has 1 aliphatic carbocycles. The zero-order valence-electron chi connectivity index (χ0n) is 12.6. The van der Waals surface area contributed by atoms with E-state index in [4.69, 9.17) is 0 Å². The van der Waals surface area contributed by atoms with Crippen LogP contribution in [0.1, 0.15) is 79.6 Å². The Morgan fingerprint density at radius 2 is 1.59 bits per heavy atom. The van der Waals surface area contributed by atoms with E-state index in [1.54, 1.807) is 0 Å². The molecule has 0 radical (unpaired) electrons. The van der Waals surface area contributed by atoms with Gasteiger partial charge in [0.1, 0.15) is 5.78 Å². The van der Waals surface area contributed by atoms with E-state index in [0.29, 0.717) is 12.2 Å². The maximum Gasteiger partial charge on any atom is 0.135 e. The van der Waals surface area contributed by atoms with Crippen molar-refractivity contribution in [2.75, 3.05) is 0 Å². The van der Waals surface area contributed by atoms with Crippen LogP contribution in [0.2, 0.25) is 0 Å². The Morgan fingerprint density at radius 3 is 1.88 bits per heavy atom. The van der Waals surface area contributed by atoms with E-state index in [9.17, 15) is 4.79 Å². The molecule has 0 aromatic carbocycles. The molecule has 17 heavy (non-hydrogen) atoms. The van der Waals surface area contributed by atoms with Crippen molar-refractivity contribution in [2.45, 2.75) is 79.6 Å². The van der Waals surface area contributed by atoms with Crippen molar-refractivity contribution < 1.29 is 4.79 Å². The summed E-state index contributed by atoms with van der Waals surface area (Å²) < 4.78 is 0. The van der Waals surface area contributed by atoms with E-state index in [0.717, 1.165) is 11.8 Å². The minimum Gasteiger partial charge on any atom is -0.299 e. The number of rotatable bonds is 4. The van der Waals surface area contributed by atoms with Crippen LogP contribution >= 0.6 is 0 Å². The standard InChI is InChI=1S/C10H20.C6H12O/c1-9(2)8-10-6-4-3-5-7-10;1-4-6(7)5(2)3/h9-10H,3-8H2,1-2H3;5H,4H2,1-3H3. The van der Waals surface area contributed by atoms with Gasteiger partial charge in [0.15, 0.2) is 0 Å². The van der Waals surface area contributed by atoms with Crippen molar-refractivity contribution in [2.24, 2.45) is 17.8 Å². The van der Waals surface area contributed by atoms with E-state index in [1.807, 2.05) is 20.8 Å². The highest BCUT2D eigenvalue weighted by Gasteiger charge is 2.13. The molecule has 0 atom stereocenters. The van der Waals surface area contributed by atoms with Crippen molar-refractivity contribution in [3.8, 4) is 0 Å². The third-order valence-electron chi connectivity index (χ3n) is 3.52. The predicted octanol–water partition coefficient (Wildman–Crippen LogP) is 5.23. The minimum atomic E-state index is 0.227. The van der Waals surface area contributed by atoms with Gasteiger partial charge >= 0.3 is 0 Å². The van der Waals surface area contributed by atoms with Gasteiger partial charge < -0.3 is 0 Å². The summed E-state index contributed by atoms with van der Waals surface area (Å²) in [6, 6.07) is 0. The summed E-state index contributed by atoms with van der Waals surface area (Å²) in [6.07, 6.45) is 9.66. The molecule has 0 aromatic rings. The fourth-order valence-corrected chi connectivity index (χ4v) is 2.50. The SMILES string of the molecule is CC(C)CC1CCCCC1.CCC(=O)C(C)C. The number of ketones is 1. The van der Waals surface area contributed by atoms with Crippen molar-refractivity contribution in [1.82, 2.24) is 0 Å². The van der Waals surface area contributed by atoms with Crippen molar-refractivity contribution >= 4 is 5.78 Å². The molecule has 0 N–H and O–H groups in total. The van der Waals surface area contributed by atoms with E-state index in [1.165, 1.54) is 38.5 Å². The van der Waals surface area contributed by atoms with Gasteiger partial charge in [-0.2, -0.15) is 0 Å². The second kappa shape index (κ2) is 9.67. The van der Waals surface area contributed by atoms with Gasteiger partial charge in [0.25, 0.3) is 0 Å². The van der Waals surface area contributed by atoms with E-state index >= 15 is 0 Å². The molecule has 0 spiro atoms. The third-order valence-corrected chi connectivity index (χ3v) is 3.52. The van der Waals surface area contributed by atoms with Crippen LogP contribution < -0.4 is 0 Å². The Bertz CT molecular complexity index is 188. The number of carbonyl (C=O) groups excluding carboxylic acids is 1. The lowest BCUT2D eigenvalue weighted by atomic mass is 9.84. The Balaban J connectivity index is 0.000000325. The summed E-state index contributed by atoms with van der Waals surface area (Å²) in [5.41, 5.74) is 0. The summed E-state index contributed by atoms with van der Waals surface area (Å²) >= 11 is 0. The lowest BCUT2D eigenvalue weighted by Crippen LogP contribution is -2.08. The highest BCUT2D eigenvalue weighted by Crippen LogP contribution is 2.28. The molecule has 0 saturated heterocycles. The highest BCUT2D eigenvalue weighted by atomic mass is 16.1. The minimum absolute atomic E-state index is 0.227. The van der Waals surface area contributed by atoms with Gasteiger partial charge in [-0.25, -0.2) is 0 Å². The van der Waals surface area contributed by atoms with Gasteiger partial charge in [0.2, 0.25) is 0 Å². The number of hydrogen-bond donors (Lipinski definition) is 0. The van der Waals surface area contributed by atoms with Gasteiger partial charge in [-0.05, 0) is 18.3 Å². The molecular weight excluding hydrogens is 208 g/mol.